The number of aromatic hydroxyl groups is 1. The first-order valence-corrected chi connectivity index (χ1v) is 11.1. The minimum Gasteiger partial charge on any atom is -0.508 e. The summed E-state index contributed by atoms with van der Waals surface area (Å²) in [6.07, 6.45) is 0.894. The maximum absolute atomic E-state index is 12.8. The lowest BCUT2D eigenvalue weighted by Gasteiger charge is -2.18. The molecule has 3 amide bonds. The van der Waals surface area contributed by atoms with E-state index in [0.29, 0.717) is 36.4 Å². The number of thiophene rings is 1. The Morgan fingerprint density at radius 2 is 1.66 bits per heavy atom. The van der Waals surface area contributed by atoms with Crippen LogP contribution in [-0.4, -0.2) is 42.0 Å². The van der Waals surface area contributed by atoms with Gasteiger partial charge in [0.2, 0.25) is 5.91 Å². The van der Waals surface area contributed by atoms with Crippen LogP contribution in [0.2, 0.25) is 0 Å². The molecule has 7 nitrogen and oxygen atoms in total. The zero-order valence-electron chi connectivity index (χ0n) is 17.4. The topological polar surface area (TPSA) is 108 Å². The van der Waals surface area contributed by atoms with E-state index in [1.165, 1.54) is 23.5 Å². The lowest BCUT2D eigenvalue weighted by Crippen LogP contribution is -2.48. The summed E-state index contributed by atoms with van der Waals surface area (Å²) >= 11 is 1.32. The number of hydrogen-bond acceptors (Lipinski definition) is 5. The quantitative estimate of drug-likeness (QED) is 0.356. The highest BCUT2D eigenvalue weighted by Crippen LogP contribution is 2.11. The summed E-state index contributed by atoms with van der Waals surface area (Å²) in [5, 5.41) is 19.7. The second-order valence-corrected chi connectivity index (χ2v) is 8.09. The monoisotopic (exact) mass is 451 g/mol. The highest BCUT2D eigenvalue weighted by molar-refractivity contribution is 7.12. The van der Waals surface area contributed by atoms with Gasteiger partial charge in [0.15, 0.2) is 0 Å². The van der Waals surface area contributed by atoms with Crippen LogP contribution in [0.4, 0.5) is 0 Å². The molecule has 1 atom stereocenters. The molecule has 0 radical (unpaired) electrons. The maximum atomic E-state index is 12.8. The van der Waals surface area contributed by atoms with Crippen LogP contribution in [0, 0.1) is 0 Å². The van der Waals surface area contributed by atoms with E-state index < -0.39 is 6.04 Å². The van der Waals surface area contributed by atoms with Gasteiger partial charge in [-0.15, -0.1) is 11.3 Å². The van der Waals surface area contributed by atoms with Gasteiger partial charge in [0.25, 0.3) is 11.8 Å². The number of nitrogens with one attached hydrogen (secondary N) is 3. The highest BCUT2D eigenvalue weighted by atomic mass is 32.1. The molecule has 0 spiro atoms. The van der Waals surface area contributed by atoms with Crippen molar-refractivity contribution in [2.75, 3.05) is 13.1 Å². The first kappa shape index (κ1) is 23.0. The molecule has 1 aromatic heterocycles. The number of phenolic OH excluding ortho intramolecular Hbond substituents is 1. The molecule has 0 saturated heterocycles. The molecule has 3 aromatic rings. The van der Waals surface area contributed by atoms with Crippen LogP contribution in [0.15, 0.2) is 72.1 Å². The van der Waals surface area contributed by atoms with Crippen molar-refractivity contribution in [3.05, 3.63) is 88.1 Å². The Morgan fingerprint density at radius 3 is 2.38 bits per heavy atom. The molecular formula is C24H25N3O4S. The van der Waals surface area contributed by atoms with Gasteiger partial charge >= 0.3 is 0 Å². The van der Waals surface area contributed by atoms with Crippen molar-refractivity contribution in [1.82, 2.24) is 16.0 Å². The number of phenols is 1. The van der Waals surface area contributed by atoms with Crippen LogP contribution in [0.1, 0.15) is 32.0 Å². The fraction of sp³-hybridized carbons (Fsp3) is 0.208. The Balaban J connectivity index is 1.49. The van der Waals surface area contributed by atoms with Crippen molar-refractivity contribution in [2.45, 2.75) is 18.9 Å². The van der Waals surface area contributed by atoms with Crippen LogP contribution in [0.3, 0.4) is 0 Å². The molecular weight excluding hydrogens is 426 g/mol. The van der Waals surface area contributed by atoms with E-state index >= 15 is 0 Å². The minimum atomic E-state index is -0.714. The fourth-order valence-corrected chi connectivity index (χ4v) is 3.70. The van der Waals surface area contributed by atoms with E-state index in [1.807, 2.05) is 35.7 Å². The van der Waals surface area contributed by atoms with Gasteiger partial charge in [-0.2, -0.15) is 0 Å². The Bertz CT molecular complexity index is 1040. The summed E-state index contributed by atoms with van der Waals surface area (Å²) in [6, 6.07) is 18.4. The lowest BCUT2D eigenvalue weighted by atomic mass is 10.1. The van der Waals surface area contributed by atoms with Gasteiger partial charge in [-0.05, 0) is 41.6 Å². The number of rotatable bonds is 10. The van der Waals surface area contributed by atoms with E-state index in [1.54, 1.807) is 24.3 Å². The molecule has 0 aliphatic heterocycles. The molecule has 3 rings (SSSR count). The third kappa shape index (κ3) is 6.95. The van der Waals surface area contributed by atoms with Crippen molar-refractivity contribution < 1.29 is 19.5 Å². The normalized spacial score (nSPS) is 11.4. The van der Waals surface area contributed by atoms with E-state index in [4.69, 9.17) is 0 Å². The Kier molecular flexibility index (Phi) is 8.39. The second kappa shape index (κ2) is 11.7. The van der Waals surface area contributed by atoms with Gasteiger partial charge in [-0.3, -0.25) is 14.4 Å². The second-order valence-electron chi connectivity index (χ2n) is 7.14. The summed E-state index contributed by atoms with van der Waals surface area (Å²) in [6.45, 7) is 0.707. The van der Waals surface area contributed by atoms with Crippen LogP contribution in [-0.2, 0) is 11.2 Å². The van der Waals surface area contributed by atoms with E-state index in [0.717, 1.165) is 5.56 Å². The van der Waals surface area contributed by atoms with Gasteiger partial charge < -0.3 is 21.1 Å². The van der Waals surface area contributed by atoms with Crippen LogP contribution < -0.4 is 16.0 Å². The average molecular weight is 452 g/mol. The highest BCUT2D eigenvalue weighted by Gasteiger charge is 2.22. The smallest absolute Gasteiger partial charge is 0.262 e. The zero-order chi connectivity index (χ0) is 22.8. The minimum absolute atomic E-state index is 0.0268. The third-order valence-electron chi connectivity index (χ3n) is 4.70. The lowest BCUT2D eigenvalue weighted by molar-refractivity contribution is -0.122. The van der Waals surface area contributed by atoms with Gasteiger partial charge in [-0.1, -0.05) is 42.5 Å². The van der Waals surface area contributed by atoms with E-state index in [9.17, 15) is 19.5 Å². The number of carbonyl (C=O) groups is 3. The van der Waals surface area contributed by atoms with Crippen molar-refractivity contribution in [3.63, 3.8) is 0 Å². The molecule has 166 valence electrons. The molecule has 0 saturated carbocycles. The molecule has 0 fully saturated rings. The summed E-state index contributed by atoms with van der Waals surface area (Å²) in [4.78, 5) is 37.9. The molecule has 8 heteroatoms. The van der Waals surface area contributed by atoms with Gasteiger partial charge in [0, 0.05) is 25.1 Å². The zero-order valence-corrected chi connectivity index (χ0v) is 18.2. The number of amides is 3. The molecule has 1 heterocycles. The number of hydrogen-bond donors (Lipinski definition) is 4. The third-order valence-corrected chi connectivity index (χ3v) is 5.56. The van der Waals surface area contributed by atoms with Crippen molar-refractivity contribution in [1.29, 1.82) is 0 Å². The predicted molar refractivity (Wildman–Crippen MR) is 124 cm³/mol. The van der Waals surface area contributed by atoms with Crippen LogP contribution >= 0.6 is 11.3 Å². The van der Waals surface area contributed by atoms with Crippen LogP contribution in [0.25, 0.3) is 0 Å². The van der Waals surface area contributed by atoms with E-state index in [2.05, 4.69) is 16.0 Å². The fourth-order valence-electron chi connectivity index (χ4n) is 3.07. The molecule has 2 aromatic carbocycles. The molecule has 32 heavy (non-hydrogen) atoms. The van der Waals surface area contributed by atoms with Crippen molar-refractivity contribution >= 4 is 29.1 Å². The van der Waals surface area contributed by atoms with E-state index in [-0.39, 0.29) is 23.5 Å². The molecule has 0 aliphatic carbocycles. The SMILES string of the molecule is O=C(NCCCNC(=O)C(Cc1ccccc1)NC(=O)c1cccs1)c1cccc(O)c1. The van der Waals surface area contributed by atoms with Gasteiger partial charge in [0.1, 0.15) is 11.8 Å². The summed E-state index contributed by atoms with van der Waals surface area (Å²) in [5.74, 6) is -0.830. The molecule has 1 unspecified atom stereocenters. The Hall–Kier alpha value is -3.65. The summed E-state index contributed by atoms with van der Waals surface area (Å²) in [7, 11) is 0. The number of benzene rings is 2. The number of carbonyl (C=O) groups excluding carboxylic acids is 3. The summed E-state index contributed by atoms with van der Waals surface area (Å²) < 4.78 is 0. The average Bonchev–Trinajstić information content (AvgIpc) is 3.34. The largest absolute Gasteiger partial charge is 0.508 e. The van der Waals surface area contributed by atoms with Crippen LogP contribution in [0.5, 0.6) is 5.75 Å². The van der Waals surface area contributed by atoms with Gasteiger partial charge in [-0.25, -0.2) is 0 Å². The molecule has 0 aliphatic rings. The Morgan fingerprint density at radius 1 is 0.875 bits per heavy atom. The first-order valence-electron chi connectivity index (χ1n) is 10.3. The van der Waals surface area contributed by atoms with Crippen molar-refractivity contribution in [3.8, 4) is 5.75 Å². The molecule has 4 N–H and O–H groups in total. The predicted octanol–water partition coefficient (Wildman–Crippen LogP) is 2.73. The van der Waals surface area contributed by atoms with Gasteiger partial charge in [0.05, 0.1) is 4.88 Å². The standard InChI is InChI=1S/C24H25N3O4S/c28-19-10-4-9-18(16-19)22(29)25-12-6-13-26-23(30)20(15-17-7-2-1-3-8-17)27-24(31)21-11-5-14-32-21/h1-5,7-11,14,16,20,28H,6,12-13,15H2,(H,25,29)(H,26,30)(H,27,31). The summed E-state index contributed by atoms with van der Waals surface area (Å²) in [5.41, 5.74) is 1.31. The maximum Gasteiger partial charge on any atom is 0.262 e. The first-order chi connectivity index (χ1) is 15.5. The molecule has 0 bridgehead atoms. The Labute approximate surface area is 190 Å². The van der Waals surface area contributed by atoms with Crippen molar-refractivity contribution in [2.24, 2.45) is 0 Å².